The monoisotopic (exact) mass is 402 g/mol. The van der Waals surface area contributed by atoms with Crippen molar-refractivity contribution >= 4 is 28.5 Å². The summed E-state index contributed by atoms with van der Waals surface area (Å²) in [7, 11) is 0. The lowest BCUT2D eigenvalue weighted by molar-refractivity contribution is -0.152. The SMILES string of the molecule is O=C(COc1c(-c2ccco2)oc2ccc(Cl)cc2c1=O)OC1CCCCC1. The van der Waals surface area contributed by atoms with E-state index in [1.165, 1.54) is 12.3 Å². The van der Waals surface area contributed by atoms with Crippen molar-refractivity contribution in [1.29, 1.82) is 0 Å². The van der Waals surface area contributed by atoms with Crippen LogP contribution < -0.4 is 10.2 Å². The van der Waals surface area contributed by atoms with E-state index in [-0.39, 0.29) is 29.6 Å². The van der Waals surface area contributed by atoms with Crippen molar-refractivity contribution in [1.82, 2.24) is 0 Å². The minimum absolute atomic E-state index is 0.0822. The van der Waals surface area contributed by atoms with E-state index in [1.54, 1.807) is 24.3 Å². The highest BCUT2D eigenvalue weighted by Crippen LogP contribution is 2.32. The molecule has 1 aliphatic carbocycles. The van der Waals surface area contributed by atoms with Gasteiger partial charge in [-0.3, -0.25) is 4.79 Å². The van der Waals surface area contributed by atoms with Crippen molar-refractivity contribution in [2.24, 2.45) is 0 Å². The molecular formula is C21H19ClO6. The molecule has 7 heteroatoms. The lowest BCUT2D eigenvalue weighted by Crippen LogP contribution is -2.25. The summed E-state index contributed by atoms with van der Waals surface area (Å²) in [6.45, 7) is -0.388. The molecule has 6 nitrogen and oxygen atoms in total. The van der Waals surface area contributed by atoms with E-state index in [4.69, 9.17) is 29.9 Å². The number of carbonyl (C=O) groups excluding carboxylic acids is 1. The molecule has 0 saturated heterocycles. The third kappa shape index (κ3) is 3.92. The van der Waals surface area contributed by atoms with Gasteiger partial charge in [0.1, 0.15) is 11.7 Å². The maximum Gasteiger partial charge on any atom is 0.344 e. The highest BCUT2D eigenvalue weighted by atomic mass is 35.5. The van der Waals surface area contributed by atoms with Gasteiger partial charge in [-0.25, -0.2) is 4.79 Å². The van der Waals surface area contributed by atoms with Gasteiger partial charge in [0.05, 0.1) is 11.6 Å². The largest absolute Gasteiger partial charge is 0.474 e. The third-order valence-electron chi connectivity index (χ3n) is 4.74. The topological polar surface area (TPSA) is 78.9 Å². The Hall–Kier alpha value is -2.73. The van der Waals surface area contributed by atoms with Gasteiger partial charge in [-0.05, 0) is 56.0 Å². The Morgan fingerprint density at radius 3 is 2.75 bits per heavy atom. The molecule has 1 fully saturated rings. The number of rotatable bonds is 5. The van der Waals surface area contributed by atoms with Gasteiger partial charge in [0, 0.05) is 5.02 Å². The number of furan rings is 1. The lowest BCUT2D eigenvalue weighted by atomic mass is 9.98. The van der Waals surface area contributed by atoms with Crippen LogP contribution in [0.25, 0.3) is 22.5 Å². The van der Waals surface area contributed by atoms with Gasteiger partial charge in [0.2, 0.25) is 16.9 Å². The van der Waals surface area contributed by atoms with Crippen molar-refractivity contribution in [3.63, 3.8) is 0 Å². The Bertz CT molecular complexity index is 1030. The normalized spacial score (nSPS) is 14.9. The molecule has 4 rings (SSSR count). The van der Waals surface area contributed by atoms with Crippen LogP contribution in [-0.2, 0) is 9.53 Å². The molecule has 0 spiro atoms. The van der Waals surface area contributed by atoms with Gasteiger partial charge in [0.15, 0.2) is 12.4 Å². The number of hydrogen-bond acceptors (Lipinski definition) is 6. The smallest absolute Gasteiger partial charge is 0.344 e. The van der Waals surface area contributed by atoms with E-state index in [0.29, 0.717) is 16.4 Å². The Morgan fingerprint density at radius 1 is 1.18 bits per heavy atom. The van der Waals surface area contributed by atoms with Gasteiger partial charge < -0.3 is 18.3 Å². The summed E-state index contributed by atoms with van der Waals surface area (Å²) in [4.78, 5) is 25.1. The molecule has 0 radical (unpaired) electrons. The maximum absolute atomic E-state index is 13.0. The summed E-state index contributed by atoms with van der Waals surface area (Å²) in [5, 5.41) is 0.659. The number of benzene rings is 1. The zero-order chi connectivity index (χ0) is 19.5. The highest BCUT2D eigenvalue weighted by molar-refractivity contribution is 6.31. The van der Waals surface area contributed by atoms with Crippen LogP contribution in [0.4, 0.5) is 0 Å². The minimum atomic E-state index is -0.511. The van der Waals surface area contributed by atoms with E-state index in [0.717, 1.165) is 32.1 Å². The summed E-state index contributed by atoms with van der Waals surface area (Å²) >= 11 is 6.00. The Balaban J connectivity index is 1.62. The maximum atomic E-state index is 13.0. The number of ether oxygens (including phenoxy) is 2. The van der Waals surface area contributed by atoms with Crippen molar-refractivity contribution < 1.29 is 23.1 Å². The van der Waals surface area contributed by atoms with Crippen LogP contribution in [0.15, 0.2) is 50.2 Å². The van der Waals surface area contributed by atoms with Gasteiger partial charge in [-0.2, -0.15) is 0 Å². The fourth-order valence-electron chi connectivity index (χ4n) is 3.39. The molecular weight excluding hydrogens is 384 g/mol. The molecule has 3 aromatic rings. The first-order valence-electron chi connectivity index (χ1n) is 9.24. The van der Waals surface area contributed by atoms with E-state index < -0.39 is 11.4 Å². The molecule has 1 saturated carbocycles. The second-order valence-corrected chi connectivity index (χ2v) is 7.18. The van der Waals surface area contributed by atoms with Crippen LogP contribution in [0.2, 0.25) is 5.02 Å². The van der Waals surface area contributed by atoms with Crippen LogP contribution in [0.3, 0.4) is 0 Å². The van der Waals surface area contributed by atoms with Gasteiger partial charge in [-0.15, -0.1) is 0 Å². The molecule has 0 aliphatic heterocycles. The quantitative estimate of drug-likeness (QED) is 0.561. The van der Waals surface area contributed by atoms with Crippen LogP contribution in [0, 0.1) is 0 Å². The van der Waals surface area contributed by atoms with E-state index in [9.17, 15) is 9.59 Å². The summed E-state index contributed by atoms with van der Waals surface area (Å²) in [6, 6.07) is 8.05. The standard InChI is InChI=1S/C21H19ClO6/c22-13-8-9-16-15(11-13)19(24)21(20(28-16)17-7-4-10-25-17)26-12-18(23)27-14-5-2-1-3-6-14/h4,7-11,14H,1-3,5-6,12H2. The van der Waals surface area contributed by atoms with Crippen LogP contribution in [-0.4, -0.2) is 18.7 Å². The summed E-state index contributed by atoms with van der Waals surface area (Å²) in [5.74, 6) is -0.173. The number of carbonyl (C=O) groups is 1. The van der Waals surface area contributed by atoms with E-state index in [1.807, 2.05) is 0 Å². The van der Waals surface area contributed by atoms with Crippen molar-refractivity contribution in [3.05, 3.63) is 51.8 Å². The second-order valence-electron chi connectivity index (χ2n) is 6.75. The average molecular weight is 403 g/mol. The highest BCUT2D eigenvalue weighted by Gasteiger charge is 2.22. The number of hydrogen-bond donors (Lipinski definition) is 0. The Morgan fingerprint density at radius 2 is 2.00 bits per heavy atom. The molecule has 2 heterocycles. The minimum Gasteiger partial charge on any atom is -0.474 e. The number of esters is 1. The third-order valence-corrected chi connectivity index (χ3v) is 4.98. The first-order chi connectivity index (χ1) is 13.6. The predicted molar refractivity (Wildman–Crippen MR) is 104 cm³/mol. The fraction of sp³-hybridized carbons (Fsp3) is 0.333. The van der Waals surface area contributed by atoms with Crippen molar-refractivity contribution in [2.45, 2.75) is 38.2 Å². The fourth-order valence-corrected chi connectivity index (χ4v) is 3.56. The first-order valence-corrected chi connectivity index (χ1v) is 9.62. The van der Waals surface area contributed by atoms with Gasteiger partial charge >= 0.3 is 5.97 Å². The average Bonchev–Trinajstić information content (AvgIpc) is 3.23. The molecule has 1 aromatic carbocycles. The van der Waals surface area contributed by atoms with Crippen LogP contribution in [0.1, 0.15) is 32.1 Å². The van der Waals surface area contributed by atoms with Gasteiger partial charge in [0.25, 0.3) is 0 Å². The molecule has 28 heavy (non-hydrogen) atoms. The molecule has 0 atom stereocenters. The molecule has 0 amide bonds. The molecule has 0 bridgehead atoms. The molecule has 1 aliphatic rings. The van der Waals surface area contributed by atoms with Gasteiger partial charge in [-0.1, -0.05) is 18.0 Å². The zero-order valence-electron chi connectivity index (χ0n) is 15.1. The Labute approximate surface area is 166 Å². The summed E-state index contributed by atoms with van der Waals surface area (Å²) < 4.78 is 22.2. The molecule has 0 N–H and O–H groups in total. The Kier molecular flexibility index (Phi) is 5.39. The molecule has 2 aromatic heterocycles. The van der Waals surface area contributed by atoms with Crippen LogP contribution >= 0.6 is 11.6 Å². The van der Waals surface area contributed by atoms with E-state index >= 15 is 0 Å². The molecule has 146 valence electrons. The lowest BCUT2D eigenvalue weighted by Gasteiger charge is -2.21. The van der Waals surface area contributed by atoms with E-state index in [2.05, 4.69) is 0 Å². The summed E-state index contributed by atoms with van der Waals surface area (Å²) in [6.07, 6.45) is 6.37. The number of halogens is 1. The zero-order valence-corrected chi connectivity index (χ0v) is 15.9. The van der Waals surface area contributed by atoms with Crippen molar-refractivity contribution in [3.8, 4) is 17.3 Å². The summed E-state index contributed by atoms with van der Waals surface area (Å²) in [5.41, 5.74) is -0.0847. The first kappa shape index (κ1) is 18.6. The number of fused-ring (bicyclic) bond motifs is 1. The second kappa shape index (κ2) is 8.10. The molecule has 0 unspecified atom stereocenters. The predicted octanol–water partition coefficient (Wildman–Crippen LogP) is 4.96. The van der Waals surface area contributed by atoms with Crippen molar-refractivity contribution in [2.75, 3.05) is 6.61 Å². The van der Waals surface area contributed by atoms with Crippen LogP contribution in [0.5, 0.6) is 5.75 Å².